The maximum absolute atomic E-state index is 14.3. The SMILES string of the molecule is CCCCCOC(=O)Oc1ccc(-c2ccc(CCC)cc2F)cc1. The Bertz CT molecular complexity index is 680. The molecule has 0 fully saturated rings. The van der Waals surface area contributed by atoms with Crippen LogP contribution in [0.25, 0.3) is 11.1 Å². The van der Waals surface area contributed by atoms with Crippen LogP contribution in [0.15, 0.2) is 42.5 Å². The number of aryl methyl sites for hydroxylation is 1. The van der Waals surface area contributed by atoms with Gasteiger partial charge in [0.05, 0.1) is 6.61 Å². The van der Waals surface area contributed by atoms with Crippen LogP contribution in [0.2, 0.25) is 0 Å². The second-order valence-corrected chi connectivity index (χ2v) is 6.00. The summed E-state index contributed by atoms with van der Waals surface area (Å²) in [7, 11) is 0. The van der Waals surface area contributed by atoms with E-state index in [2.05, 4.69) is 13.8 Å². The molecule has 2 aromatic carbocycles. The van der Waals surface area contributed by atoms with Gasteiger partial charge in [0.2, 0.25) is 0 Å². The van der Waals surface area contributed by atoms with Gasteiger partial charge in [-0.1, -0.05) is 57.4 Å². The third-order valence-corrected chi connectivity index (χ3v) is 3.91. The molecule has 0 unspecified atom stereocenters. The number of carbonyl (C=O) groups excluding carboxylic acids is 1. The smallest absolute Gasteiger partial charge is 0.434 e. The highest BCUT2D eigenvalue weighted by Gasteiger charge is 2.09. The van der Waals surface area contributed by atoms with Gasteiger partial charge in [0.25, 0.3) is 0 Å². The Kier molecular flexibility index (Phi) is 7.45. The van der Waals surface area contributed by atoms with Crippen LogP contribution in [0.3, 0.4) is 0 Å². The molecule has 0 radical (unpaired) electrons. The van der Waals surface area contributed by atoms with Crippen molar-refractivity contribution in [2.75, 3.05) is 6.61 Å². The summed E-state index contributed by atoms with van der Waals surface area (Å²) in [6.07, 6.45) is 4.06. The van der Waals surface area contributed by atoms with E-state index in [1.165, 1.54) is 0 Å². The first-order valence-corrected chi connectivity index (χ1v) is 8.87. The highest BCUT2D eigenvalue weighted by Crippen LogP contribution is 2.26. The summed E-state index contributed by atoms with van der Waals surface area (Å²) in [6, 6.07) is 12.1. The second-order valence-electron chi connectivity index (χ2n) is 6.00. The van der Waals surface area contributed by atoms with Gasteiger partial charge in [-0.3, -0.25) is 0 Å². The number of unbranched alkanes of at least 4 members (excludes halogenated alkanes) is 2. The van der Waals surface area contributed by atoms with E-state index in [0.29, 0.717) is 17.9 Å². The van der Waals surface area contributed by atoms with Crippen LogP contribution < -0.4 is 4.74 Å². The minimum atomic E-state index is -0.709. The molecule has 0 aromatic heterocycles. The van der Waals surface area contributed by atoms with Crippen LogP contribution in [0, 0.1) is 5.82 Å². The van der Waals surface area contributed by atoms with E-state index in [-0.39, 0.29) is 5.82 Å². The van der Waals surface area contributed by atoms with Crippen LogP contribution in [0.4, 0.5) is 9.18 Å². The lowest BCUT2D eigenvalue weighted by Crippen LogP contribution is -2.11. The number of ether oxygens (including phenoxy) is 2. The lowest BCUT2D eigenvalue weighted by atomic mass is 10.0. The highest BCUT2D eigenvalue weighted by molar-refractivity contribution is 5.67. The fourth-order valence-corrected chi connectivity index (χ4v) is 2.57. The molecule has 0 aliphatic heterocycles. The topological polar surface area (TPSA) is 35.5 Å². The van der Waals surface area contributed by atoms with Crippen molar-refractivity contribution in [2.45, 2.75) is 46.0 Å². The first-order chi connectivity index (χ1) is 12.1. The Hall–Kier alpha value is -2.36. The molecule has 0 aliphatic rings. The zero-order valence-electron chi connectivity index (χ0n) is 14.9. The first-order valence-electron chi connectivity index (χ1n) is 8.87. The summed E-state index contributed by atoms with van der Waals surface area (Å²) >= 11 is 0. The molecule has 3 nitrogen and oxygen atoms in total. The minimum Gasteiger partial charge on any atom is -0.434 e. The van der Waals surface area contributed by atoms with Gasteiger partial charge in [0, 0.05) is 5.56 Å². The van der Waals surface area contributed by atoms with Crippen LogP contribution >= 0.6 is 0 Å². The van der Waals surface area contributed by atoms with E-state index in [1.807, 2.05) is 6.07 Å². The largest absolute Gasteiger partial charge is 0.513 e. The lowest BCUT2D eigenvalue weighted by molar-refractivity contribution is 0.0974. The van der Waals surface area contributed by atoms with E-state index in [9.17, 15) is 9.18 Å². The van der Waals surface area contributed by atoms with Crippen LogP contribution in [-0.2, 0) is 11.2 Å². The Labute approximate surface area is 148 Å². The molecule has 0 bridgehead atoms. The number of carbonyl (C=O) groups is 1. The van der Waals surface area contributed by atoms with Crippen LogP contribution in [0.1, 0.15) is 45.1 Å². The fourth-order valence-electron chi connectivity index (χ4n) is 2.57. The molecule has 0 spiro atoms. The molecule has 0 atom stereocenters. The standard InChI is InChI=1S/C21H25FO3/c1-3-5-6-14-24-21(23)25-18-11-9-17(10-12-18)19-13-8-16(7-4-2)15-20(19)22/h8-13,15H,3-7,14H2,1-2H3. The molecule has 4 heteroatoms. The van der Waals surface area contributed by atoms with Crippen LogP contribution in [0.5, 0.6) is 5.75 Å². The molecule has 134 valence electrons. The molecule has 0 aliphatic carbocycles. The summed E-state index contributed by atoms with van der Waals surface area (Å²) in [4.78, 5) is 11.6. The number of hydrogen-bond donors (Lipinski definition) is 0. The maximum Gasteiger partial charge on any atom is 0.513 e. The number of halogens is 1. The van der Waals surface area contributed by atoms with Gasteiger partial charge in [-0.2, -0.15) is 0 Å². The summed E-state index contributed by atoms with van der Waals surface area (Å²) < 4.78 is 24.4. The van der Waals surface area contributed by atoms with Gasteiger partial charge >= 0.3 is 6.16 Å². The second kappa shape index (κ2) is 9.82. The Morgan fingerprint density at radius 1 is 1.00 bits per heavy atom. The zero-order chi connectivity index (χ0) is 18.1. The van der Waals surface area contributed by atoms with E-state index in [0.717, 1.165) is 43.2 Å². The predicted molar refractivity (Wildman–Crippen MR) is 97.3 cm³/mol. The Morgan fingerprint density at radius 2 is 1.76 bits per heavy atom. The molecular weight excluding hydrogens is 319 g/mol. The van der Waals surface area contributed by atoms with Crippen molar-refractivity contribution in [1.82, 2.24) is 0 Å². The molecular formula is C21H25FO3. The Balaban J connectivity index is 1.96. The summed E-state index contributed by atoms with van der Waals surface area (Å²) in [6.45, 7) is 4.51. The maximum atomic E-state index is 14.3. The third kappa shape index (κ3) is 5.89. The lowest BCUT2D eigenvalue weighted by Gasteiger charge is -2.08. The van der Waals surface area contributed by atoms with E-state index in [1.54, 1.807) is 36.4 Å². The van der Waals surface area contributed by atoms with E-state index in [4.69, 9.17) is 9.47 Å². The molecule has 0 saturated carbocycles. The predicted octanol–water partition coefficient (Wildman–Crippen LogP) is 6.15. The quantitative estimate of drug-likeness (QED) is 0.327. The normalized spacial score (nSPS) is 10.5. The van der Waals surface area contributed by atoms with Crippen molar-refractivity contribution < 1.29 is 18.7 Å². The summed E-state index contributed by atoms with van der Waals surface area (Å²) in [5, 5.41) is 0. The van der Waals surface area contributed by atoms with Crippen molar-refractivity contribution in [3.05, 3.63) is 53.8 Å². The zero-order valence-corrected chi connectivity index (χ0v) is 14.9. The van der Waals surface area contributed by atoms with Gasteiger partial charge in [-0.05, 0) is 42.2 Å². The highest BCUT2D eigenvalue weighted by atomic mass is 19.1. The van der Waals surface area contributed by atoms with Crippen molar-refractivity contribution in [3.8, 4) is 16.9 Å². The first kappa shape index (κ1) is 19.0. The molecule has 0 amide bonds. The molecule has 25 heavy (non-hydrogen) atoms. The summed E-state index contributed by atoms with van der Waals surface area (Å²) in [5.41, 5.74) is 2.27. The van der Waals surface area contributed by atoms with Crippen molar-refractivity contribution >= 4 is 6.16 Å². The molecule has 2 rings (SSSR count). The van der Waals surface area contributed by atoms with Gasteiger partial charge in [0.1, 0.15) is 11.6 Å². The van der Waals surface area contributed by atoms with Crippen molar-refractivity contribution in [1.29, 1.82) is 0 Å². The average molecular weight is 344 g/mol. The third-order valence-electron chi connectivity index (χ3n) is 3.91. The Morgan fingerprint density at radius 3 is 2.40 bits per heavy atom. The monoisotopic (exact) mass is 344 g/mol. The van der Waals surface area contributed by atoms with Gasteiger partial charge in [0.15, 0.2) is 0 Å². The average Bonchev–Trinajstić information content (AvgIpc) is 2.60. The number of rotatable bonds is 8. The molecule has 2 aromatic rings. The van der Waals surface area contributed by atoms with Crippen molar-refractivity contribution in [3.63, 3.8) is 0 Å². The fraction of sp³-hybridized carbons (Fsp3) is 0.381. The van der Waals surface area contributed by atoms with Gasteiger partial charge in [-0.25, -0.2) is 9.18 Å². The number of benzene rings is 2. The van der Waals surface area contributed by atoms with Gasteiger partial charge in [-0.15, -0.1) is 0 Å². The van der Waals surface area contributed by atoms with Crippen LogP contribution in [-0.4, -0.2) is 12.8 Å². The number of hydrogen-bond acceptors (Lipinski definition) is 3. The molecule has 0 N–H and O–H groups in total. The minimum absolute atomic E-state index is 0.241. The van der Waals surface area contributed by atoms with Crippen molar-refractivity contribution in [2.24, 2.45) is 0 Å². The van der Waals surface area contributed by atoms with E-state index < -0.39 is 6.16 Å². The van der Waals surface area contributed by atoms with Gasteiger partial charge < -0.3 is 9.47 Å². The van der Waals surface area contributed by atoms with E-state index >= 15 is 0 Å². The molecule has 0 heterocycles. The molecule has 0 saturated heterocycles. The summed E-state index contributed by atoms with van der Waals surface area (Å²) in [5.74, 6) is 0.141.